The molecule has 1 aliphatic heterocycles. The van der Waals surface area contributed by atoms with Crippen LogP contribution in [0.3, 0.4) is 0 Å². The Hall–Kier alpha value is -3.52. The van der Waals surface area contributed by atoms with E-state index in [0.717, 1.165) is 5.56 Å². The lowest BCUT2D eigenvalue weighted by Crippen LogP contribution is -2.32. The number of aliphatic hydroxyl groups excluding tert-OH is 1. The van der Waals surface area contributed by atoms with Crippen molar-refractivity contribution < 1.29 is 24.5 Å². The second-order valence-corrected chi connectivity index (χ2v) is 6.85. The molecule has 8 nitrogen and oxygen atoms in total. The van der Waals surface area contributed by atoms with E-state index < -0.39 is 6.04 Å². The van der Waals surface area contributed by atoms with Crippen molar-refractivity contribution in [1.29, 1.82) is 0 Å². The van der Waals surface area contributed by atoms with Gasteiger partial charge in [-0.15, -0.1) is 0 Å². The number of nitrogens with one attached hydrogen (secondary N) is 1. The number of rotatable bonds is 7. The first-order valence-corrected chi connectivity index (χ1v) is 9.69. The first-order valence-electron chi connectivity index (χ1n) is 9.69. The minimum absolute atomic E-state index is 0.0721. The Kier molecular flexibility index (Phi) is 5.33. The van der Waals surface area contributed by atoms with Gasteiger partial charge in [0.2, 0.25) is 0 Å². The van der Waals surface area contributed by atoms with Crippen LogP contribution in [0, 0.1) is 0 Å². The fourth-order valence-corrected chi connectivity index (χ4v) is 3.89. The Morgan fingerprint density at radius 3 is 2.70 bits per heavy atom. The van der Waals surface area contributed by atoms with Crippen LogP contribution in [-0.2, 0) is 0 Å². The van der Waals surface area contributed by atoms with Crippen molar-refractivity contribution in [2.24, 2.45) is 0 Å². The number of carbonyl (C=O) groups excluding carboxylic acids is 1. The number of benzene rings is 2. The van der Waals surface area contributed by atoms with E-state index in [9.17, 15) is 15.0 Å². The van der Waals surface area contributed by atoms with E-state index in [1.165, 1.54) is 0 Å². The summed E-state index contributed by atoms with van der Waals surface area (Å²) in [5, 5.41) is 27.1. The first-order chi connectivity index (χ1) is 14.6. The number of carbonyl (C=O) groups is 1. The van der Waals surface area contributed by atoms with Gasteiger partial charge in [-0.1, -0.05) is 18.2 Å². The minimum atomic E-state index is -0.502. The number of aromatic hydroxyl groups is 1. The Morgan fingerprint density at radius 2 is 2.00 bits per heavy atom. The number of para-hydroxylation sites is 1. The molecule has 0 saturated carbocycles. The summed E-state index contributed by atoms with van der Waals surface area (Å²) in [7, 11) is 1.56. The van der Waals surface area contributed by atoms with Crippen molar-refractivity contribution in [2.45, 2.75) is 13.0 Å². The summed E-state index contributed by atoms with van der Waals surface area (Å²) in [4.78, 5) is 14.6. The van der Waals surface area contributed by atoms with E-state index in [2.05, 4.69) is 10.2 Å². The number of β-amino-alcohol motifs (C(OH)–C–C–N with tert-alkyl or cyclic N) is 1. The lowest BCUT2D eigenvalue weighted by molar-refractivity contribution is 0.0706. The number of hydrogen-bond donors (Lipinski definition) is 3. The number of ether oxygens (including phenoxy) is 2. The maximum atomic E-state index is 13.0. The Morgan fingerprint density at radius 1 is 1.20 bits per heavy atom. The highest BCUT2D eigenvalue weighted by atomic mass is 16.5. The van der Waals surface area contributed by atoms with Crippen molar-refractivity contribution in [1.82, 2.24) is 15.1 Å². The molecule has 156 valence electrons. The fraction of sp³-hybridized carbons (Fsp3) is 0.273. The molecule has 0 aliphatic carbocycles. The molecule has 1 amide bonds. The molecule has 0 radical (unpaired) electrons. The summed E-state index contributed by atoms with van der Waals surface area (Å²) in [6.45, 7) is 2.36. The number of fused-ring (bicyclic) bond motifs is 1. The van der Waals surface area contributed by atoms with E-state index in [1.807, 2.05) is 19.1 Å². The smallest absolute Gasteiger partial charge is 0.273 e. The highest BCUT2D eigenvalue weighted by Gasteiger charge is 2.42. The van der Waals surface area contributed by atoms with E-state index in [1.54, 1.807) is 42.3 Å². The number of hydrogen-bond acceptors (Lipinski definition) is 6. The summed E-state index contributed by atoms with van der Waals surface area (Å²) in [5.74, 6) is 0.968. The van der Waals surface area contributed by atoms with Crippen LogP contribution in [0.25, 0.3) is 11.3 Å². The van der Waals surface area contributed by atoms with Gasteiger partial charge in [0.05, 0.1) is 26.4 Å². The van der Waals surface area contributed by atoms with Gasteiger partial charge in [-0.25, -0.2) is 0 Å². The average molecular weight is 409 g/mol. The molecule has 1 aliphatic rings. The number of nitrogens with zero attached hydrogens (tertiary/aromatic N) is 2. The Bertz CT molecular complexity index is 1080. The summed E-state index contributed by atoms with van der Waals surface area (Å²) in [6.07, 6.45) is 0. The molecule has 0 spiro atoms. The van der Waals surface area contributed by atoms with Gasteiger partial charge in [0, 0.05) is 17.7 Å². The van der Waals surface area contributed by atoms with Crippen LogP contribution in [0.2, 0.25) is 0 Å². The van der Waals surface area contributed by atoms with Gasteiger partial charge in [-0.05, 0) is 36.8 Å². The largest absolute Gasteiger partial charge is 0.507 e. The lowest BCUT2D eigenvalue weighted by Gasteiger charge is -2.26. The van der Waals surface area contributed by atoms with Gasteiger partial charge >= 0.3 is 0 Å². The molecule has 30 heavy (non-hydrogen) atoms. The van der Waals surface area contributed by atoms with Gasteiger partial charge in [-0.3, -0.25) is 9.89 Å². The van der Waals surface area contributed by atoms with Gasteiger partial charge in [-0.2, -0.15) is 5.10 Å². The van der Waals surface area contributed by atoms with Crippen LogP contribution >= 0.6 is 0 Å². The monoisotopic (exact) mass is 409 g/mol. The van der Waals surface area contributed by atoms with Crippen molar-refractivity contribution >= 4 is 5.91 Å². The molecule has 0 fully saturated rings. The van der Waals surface area contributed by atoms with Crippen LogP contribution in [0.1, 0.15) is 34.6 Å². The third-order valence-electron chi connectivity index (χ3n) is 5.17. The predicted octanol–water partition coefficient (Wildman–Crippen LogP) is 2.73. The first kappa shape index (κ1) is 19.8. The molecular weight excluding hydrogens is 386 g/mol. The molecule has 4 rings (SSSR count). The molecule has 0 saturated heterocycles. The molecule has 3 N–H and O–H groups in total. The average Bonchev–Trinajstić information content (AvgIpc) is 3.29. The van der Waals surface area contributed by atoms with E-state index in [4.69, 9.17) is 9.47 Å². The molecule has 1 atom stereocenters. The third-order valence-corrected chi connectivity index (χ3v) is 5.17. The van der Waals surface area contributed by atoms with Gasteiger partial charge < -0.3 is 24.6 Å². The molecule has 0 bridgehead atoms. The summed E-state index contributed by atoms with van der Waals surface area (Å²) in [5.41, 5.74) is 2.81. The molecule has 2 aromatic carbocycles. The number of amides is 1. The van der Waals surface area contributed by atoms with E-state index >= 15 is 0 Å². The predicted molar refractivity (Wildman–Crippen MR) is 110 cm³/mol. The van der Waals surface area contributed by atoms with Gasteiger partial charge in [0.25, 0.3) is 5.91 Å². The number of aliphatic hydroxyl groups is 1. The molecule has 1 aromatic heterocycles. The number of phenols is 1. The summed E-state index contributed by atoms with van der Waals surface area (Å²) in [6, 6.07) is 11.8. The van der Waals surface area contributed by atoms with Crippen molar-refractivity contribution in [3.8, 4) is 28.5 Å². The molecule has 2 heterocycles. The normalized spacial score (nSPS) is 15.4. The Labute approximate surface area is 173 Å². The second kappa shape index (κ2) is 8.08. The number of phenolic OH excluding ortho intramolecular Hbond substituents is 1. The third kappa shape index (κ3) is 3.15. The standard InChI is InChI=1S/C22H23N3O5/c1-3-30-16-9-8-13(12-17(16)29-2)21-18-19(14-6-4-5-7-15(14)27)23-24-20(18)22(28)25(21)10-11-26/h4-9,12,21,26-27H,3,10-11H2,1-2H3,(H,23,24)/t21-/m0/s1. The number of H-pyrrole nitrogens is 1. The molecule has 3 aromatic rings. The highest BCUT2D eigenvalue weighted by molar-refractivity contribution is 6.00. The fourth-order valence-electron chi connectivity index (χ4n) is 3.89. The maximum absolute atomic E-state index is 13.0. The van der Waals surface area contributed by atoms with E-state index in [-0.39, 0.29) is 24.8 Å². The molecule has 8 heteroatoms. The quantitative estimate of drug-likeness (QED) is 0.554. The van der Waals surface area contributed by atoms with Crippen molar-refractivity contribution in [3.05, 3.63) is 59.3 Å². The summed E-state index contributed by atoms with van der Waals surface area (Å²) < 4.78 is 11.1. The zero-order valence-electron chi connectivity index (χ0n) is 16.8. The number of aromatic amines is 1. The zero-order chi connectivity index (χ0) is 21.3. The number of aromatic nitrogens is 2. The van der Waals surface area contributed by atoms with Crippen molar-refractivity contribution in [3.63, 3.8) is 0 Å². The van der Waals surface area contributed by atoms with Crippen LogP contribution < -0.4 is 9.47 Å². The van der Waals surface area contributed by atoms with Crippen molar-refractivity contribution in [2.75, 3.05) is 26.9 Å². The van der Waals surface area contributed by atoms with Crippen LogP contribution in [0.4, 0.5) is 0 Å². The molecule has 0 unspecified atom stereocenters. The van der Waals surface area contributed by atoms with Crippen LogP contribution in [-0.4, -0.2) is 58.1 Å². The maximum Gasteiger partial charge on any atom is 0.273 e. The van der Waals surface area contributed by atoms with Crippen LogP contribution in [0.15, 0.2) is 42.5 Å². The summed E-state index contributed by atoms with van der Waals surface area (Å²) >= 11 is 0. The topological polar surface area (TPSA) is 108 Å². The van der Waals surface area contributed by atoms with Gasteiger partial charge in [0.1, 0.15) is 17.1 Å². The Balaban J connectivity index is 1.88. The van der Waals surface area contributed by atoms with Gasteiger partial charge in [0.15, 0.2) is 11.5 Å². The minimum Gasteiger partial charge on any atom is -0.507 e. The number of methoxy groups -OCH3 is 1. The highest BCUT2D eigenvalue weighted by Crippen LogP contribution is 2.45. The lowest BCUT2D eigenvalue weighted by atomic mass is 9.95. The molecular formula is C22H23N3O5. The van der Waals surface area contributed by atoms with E-state index in [0.29, 0.717) is 40.6 Å². The van der Waals surface area contributed by atoms with Crippen LogP contribution in [0.5, 0.6) is 17.2 Å². The zero-order valence-corrected chi connectivity index (χ0v) is 16.8. The SMILES string of the molecule is CCOc1ccc([C@H]2c3c(-c4ccccc4O)n[nH]c3C(=O)N2CCO)cc1OC. The second-order valence-electron chi connectivity index (χ2n) is 6.85.